The Morgan fingerprint density at radius 2 is 1.44 bits per heavy atom. The van der Waals surface area contributed by atoms with Gasteiger partial charge in [0.1, 0.15) is 0 Å². The molecule has 3 aromatic carbocycles. The highest BCUT2D eigenvalue weighted by Gasteiger charge is 2.37. The third kappa shape index (κ3) is 5.51. The van der Waals surface area contributed by atoms with Crippen molar-refractivity contribution in [1.29, 1.82) is 0 Å². The second-order valence-corrected chi connectivity index (χ2v) is 7.81. The summed E-state index contributed by atoms with van der Waals surface area (Å²) in [4.78, 5) is 11.1. The highest BCUT2D eigenvalue weighted by molar-refractivity contribution is 5.87. The van der Waals surface area contributed by atoms with Gasteiger partial charge in [-0.1, -0.05) is 30.3 Å². The zero-order valence-electron chi connectivity index (χ0n) is 18.2. The number of anilines is 1. The summed E-state index contributed by atoms with van der Waals surface area (Å²) in [5, 5.41) is 16.3. The van der Waals surface area contributed by atoms with Crippen LogP contribution in [0.3, 0.4) is 0 Å². The summed E-state index contributed by atoms with van der Waals surface area (Å²) >= 11 is 0. The van der Waals surface area contributed by atoms with Crippen LogP contribution in [0.5, 0.6) is 0 Å². The third-order valence-electron chi connectivity index (χ3n) is 5.29. The second kappa shape index (κ2) is 9.40. The van der Waals surface area contributed by atoms with Gasteiger partial charge in [0.2, 0.25) is 0 Å². The number of hydrogen-bond acceptors (Lipinski definition) is 3. The lowest BCUT2D eigenvalue weighted by Crippen LogP contribution is -2.12. The number of alkyl halides is 6. The minimum absolute atomic E-state index is 0.0688. The molecule has 36 heavy (non-hydrogen) atoms. The minimum atomic E-state index is -4.96. The monoisotopic (exact) mass is 505 g/mol. The highest BCUT2D eigenvalue weighted by Crippen LogP contribution is 2.37. The lowest BCUT2D eigenvalue weighted by Gasteiger charge is -2.15. The Bertz CT molecular complexity index is 1350. The first-order valence-corrected chi connectivity index (χ1v) is 10.4. The topological polar surface area (TPSA) is 67.2 Å². The highest BCUT2D eigenvalue weighted by atomic mass is 19.4. The van der Waals surface area contributed by atoms with Gasteiger partial charge in [-0.3, -0.25) is 0 Å². The molecule has 2 N–H and O–H groups in total. The maximum Gasteiger partial charge on any atom is 0.416 e. The van der Waals surface area contributed by atoms with E-state index in [9.17, 15) is 31.1 Å². The molecule has 0 bridgehead atoms. The molecule has 0 radical (unpaired) electrons. The van der Waals surface area contributed by atoms with Gasteiger partial charge in [0.15, 0.2) is 0 Å². The molecular formula is C25H17F6N3O2. The molecule has 0 aliphatic heterocycles. The smallest absolute Gasteiger partial charge is 0.416 e. The number of nitrogens with zero attached hydrogens (tertiary/aromatic N) is 2. The van der Waals surface area contributed by atoms with E-state index in [4.69, 9.17) is 5.11 Å². The molecule has 0 amide bonds. The van der Waals surface area contributed by atoms with Crippen LogP contribution in [0.2, 0.25) is 0 Å². The summed E-state index contributed by atoms with van der Waals surface area (Å²) in [6, 6.07) is 16.0. The number of carboxylic acids is 1. The number of aromatic carboxylic acids is 1. The summed E-state index contributed by atoms with van der Waals surface area (Å²) in [6.07, 6.45) is -8.34. The van der Waals surface area contributed by atoms with E-state index in [0.717, 1.165) is 0 Å². The van der Waals surface area contributed by atoms with Crippen LogP contribution in [-0.2, 0) is 18.9 Å². The summed E-state index contributed by atoms with van der Waals surface area (Å²) in [6.45, 7) is -0.129. The average molecular weight is 505 g/mol. The van der Waals surface area contributed by atoms with Crippen molar-refractivity contribution in [2.24, 2.45) is 0 Å². The van der Waals surface area contributed by atoms with Crippen LogP contribution in [0.25, 0.3) is 16.9 Å². The number of carboxylic acid groups (broad SMARTS) is 1. The van der Waals surface area contributed by atoms with Crippen LogP contribution in [0.4, 0.5) is 32.0 Å². The van der Waals surface area contributed by atoms with Crippen LogP contribution in [0.15, 0.2) is 79.0 Å². The number of benzene rings is 3. The first-order chi connectivity index (χ1) is 16.9. The molecular weight excluding hydrogens is 488 g/mol. The molecule has 1 heterocycles. The standard InChI is InChI=1S/C25H17F6N3O2/c26-24(27,28)18-10-19(25(29,30)31)12-20(11-18)32-13-17-14-34(21-8-6-16(7-9-21)23(35)36)33-22(17)15-4-2-1-3-5-15/h1-12,14,32H,13H2,(H,35,36). The van der Waals surface area contributed by atoms with Crippen molar-refractivity contribution >= 4 is 11.7 Å². The molecule has 0 fully saturated rings. The Hall–Kier alpha value is -4.28. The maximum absolute atomic E-state index is 13.2. The molecule has 5 nitrogen and oxygen atoms in total. The van der Waals surface area contributed by atoms with Crippen LogP contribution < -0.4 is 5.32 Å². The van der Waals surface area contributed by atoms with E-state index in [0.29, 0.717) is 34.6 Å². The molecule has 4 rings (SSSR count). The Morgan fingerprint density at radius 1 is 0.861 bits per heavy atom. The Morgan fingerprint density at radius 3 is 1.97 bits per heavy atom. The van der Waals surface area contributed by atoms with Gasteiger partial charge in [0.05, 0.1) is 28.1 Å². The van der Waals surface area contributed by atoms with E-state index in [1.807, 2.05) is 0 Å². The van der Waals surface area contributed by atoms with E-state index in [2.05, 4.69) is 10.4 Å². The van der Waals surface area contributed by atoms with E-state index in [1.165, 1.54) is 28.9 Å². The van der Waals surface area contributed by atoms with E-state index >= 15 is 0 Å². The van der Waals surface area contributed by atoms with Gasteiger partial charge in [0, 0.05) is 29.6 Å². The molecule has 0 spiro atoms. The van der Waals surface area contributed by atoms with Gasteiger partial charge in [-0.25, -0.2) is 9.48 Å². The first-order valence-electron chi connectivity index (χ1n) is 10.4. The molecule has 4 aromatic rings. The van der Waals surface area contributed by atoms with Crippen molar-refractivity contribution in [2.45, 2.75) is 18.9 Å². The molecule has 11 heteroatoms. The second-order valence-electron chi connectivity index (χ2n) is 7.81. The lowest BCUT2D eigenvalue weighted by molar-refractivity contribution is -0.143. The zero-order chi connectivity index (χ0) is 26.1. The quantitative estimate of drug-likeness (QED) is 0.280. The first kappa shape index (κ1) is 24.8. The number of hydrogen-bond donors (Lipinski definition) is 2. The molecule has 0 atom stereocenters. The molecule has 1 aromatic heterocycles. The summed E-state index contributed by atoms with van der Waals surface area (Å²) < 4.78 is 80.7. The Balaban J connectivity index is 1.70. The SMILES string of the molecule is O=C(O)c1ccc(-n2cc(CNc3cc(C(F)(F)F)cc(C(F)(F)F)c3)c(-c3ccccc3)n2)cc1. The largest absolute Gasteiger partial charge is 0.478 e. The number of halogens is 6. The predicted octanol–water partition coefficient (Wildman–Crippen LogP) is 6.89. The van der Waals surface area contributed by atoms with Crippen LogP contribution >= 0.6 is 0 Å². The fourth-order valence-corrected chi connectivity index (χ4v) is 3.52. The molecule has 0 aliphatic rings. The number of aromatic nitrogens is 2. The summed E-state index contributed by atoms with van der Waals surface area (Å²) in [7, 11) is 0. The van der Waals surface area contributed by atoms with Crippen molar-refractivity contribution < 1.29 is 36.2 Å². The van der Waals surface area contributed by atoms with Crippen LogP contribution in [0.1, 0.15) is 27.0 Å². The third-order valence-corrected chi connectivity index (χ3v) is 5.29. The number of nitrogens with one attached hydrogen (secondary N) is 1. The number of carbonyl (C=O) groups is 1. The van der Waals surface area contributed by atoms with Gasteiger partial charge >= 0.3 is 18.3 Å². The van der Waals surface area contributed by atoms with E-state index < -0.39 is 29.4 Å². The van der Waals surface area contributed by atoms with Gasteiger partial charge in [-0.2, -0.15) is 31.4 Å². The lowest BCUT2D eigenvalue weighted by atomic mass is 10.1. The van der Waals surface area contributed by atoms with Gasteiger partial charge in [0.25, 0.3) is 0 Å². The Labute approximate surface area is 200 Å². The molecule has 0 aliphatic carbocycles. The summed E-state index contributed by atoms with van der Waals surface area (Å²) in [5.74, 6) is -1.10. The predicted molar refractivity (Wildman–Crippen MR) is 120 cm³/mol. The summed E-state index contributed by atoms with van der Waals surface area (Å²) in [5.41, 5.74) is -0.981. The minimum Gasteiger partial charge on any atom is -0.478 e. The fraction of sp³-hybridized carbons (Fsp3) is 0.120. The average Bonchev–Trinajstić information content (AvgIpc) is 3.26. The van der Waals surface area contributed by atoms with Gasteiger partial charge in [-0.15, -0.1) is 0 Å². The Kier molecular flexibility index (Phi) is 6.49. The van der Waals surface area contributed by atoms with Crippen molar-refractivity contribution in [3.8, 4) is 16.9 Å². The zero-order valence-corrected chi connectivity index (χ0v) is 18.2. The maximum atomic E-state index is 13.2. The molecule has 0 saturated carbocycles. The number of rotatable bonds is 6. The normalized spacial score (nSPS) is 11.9. The van der Waals surface area contributed by atoms with Crippen LogP contribution in [-0.4, -0.2) is 20.9 Å². The van der Waals surface area contributed by atoms with Crippen LogP contribution in [0, 0.1) is 0 Å². The van der Waals surface area contributed by atoms with Gasteiger partial charge in [-0.05, 0) is 42.5 Å². The van der Waals surface area contributed by atoms with Gasteiger partial charge < -0.3 is 10.4 Å². The van der Waals surface area contributed by atoms with E-state index in [1.54, 1.807) is 36.5 Å². The van der Waals surface area contributed by atoms with Crippen molar-refractivity contribution in [3.63, 3.8) is 0 Å². The molecule has 0 saturated heterocycles. The fourth-order valence-electron chi connectivity index (χ4n) is 3.52. The van der Waals surface area contributed by atoms with E-state index in [-0.39, 0.29) is 23.9 Å². The van der Waals surface area contributed by atoms with Crippen molar-refractivity contribution in [3.05, 3.63) is 101 Å². The molecule has 0 unspecified atom stereocenters. The van der Waals surface area contributed by atoms with Crippen molar-refractivity contribution in [1.82, 2.24) is 9.78 Å². The van der Waals surface area contributed by atoms with Crippen molar-refractivity contribution in [2.75, 3.05) is 5.32 Å². The molecule has 186 valence electrons.